The fourth-order valence-corrected chi connectivity index (χ4v) is 2.83. The maximum Gasteiger partial charge on any atom is 0.110 e. The van der Waals surface area contributed by atoms with Crippen LogP contribution in [0.1, 0.15) is 37.7 Å². The second kappa shape index (κ2) is 5.41. The molecule has 0 amide bonds. The molecule has 3 nitrogen and oxygen atoms in total. The van der Waals surface area contributed by atoms with E-state index >= 15 is 0 Å². The normalized spacial score (nSPS) is 16.3. The Hall–Kier alpha value is -1.61. The Balaban J connectivity index is 1.71. The molecule has 0 unspecified atom stereocenters. The van der Waals surface area contributed by atoms with Crippen LogP contribution in [0.15, 0.2) is 36.5 Å². The van der Waals surface area contributed by atoms with E-state index in [1.807, 2.05) is 12.3 Å². The van der Waals surface area contributed by atoms with Gasteiger partial charge in [-0.1, -0.05) is 25.1 Å². The highest BCUT2D eigenvalue weighted by atomic mass is 15.1. The molecule has 1 aromatic carbocycles. The highest BCUT2D eigenvalue weighted by Gasteiger charge is 2.39. The number of para-hydroxylation sites is 1. The number of benzene rings is 1. The lowest BCUT2D eigenvalue weighted by Gasteiger charge is -2.15. The lowest BCUT2D eigenvalue weighted by molar-refractivity contribution is 0.441. The van der Waals surface area contributed by atoms with Crippen molar-refractivity contribution >= 4 is 0 Å². The van der Waals surface area contributed by atoms with Gasteiger partial charge in [0.15, 0.2) is 0 Å². The SMILES string of the molecule is CCC1(CNCc2cnc(C)n2-c2ccccc2)CC1. The molecule has 1 N–H and O–H groups in total. The molecule has 20 heavy (non-hydrogen) atoms. The molecule has 1 heterocycles. The first-order chi connectivity index (χ1) is 9.74. The van der Waals surface area contributed by atoms with Crippen LogP contribution < -0.4 is 5.32 Å². The molecule has 0 saturated heterocycles. The molecule has 1 saturated carbocycles. The summed E-state index contributed by atoms with van der Waals surface area (Å²) in [6, 6.07) is 10.5. The minimum atomic E-state index is 0.590. The van der Waals surface area contributed by atoms with Crippen molar-refractivity contribution in [3.8, 4) is 5.69 Å². The third-order valence-electron chi connectivity index (χ3n) is 4.54. The molecule has 3 heteroatoms. The fourth-order valence-electron chi connectivity index (χ4n) is 2.83. The largest absolute Gasteiger partial charge is 0.311 e. The molecule has 0 spiro atoms. The van der Waals surface area contributed by atoms with Gasteiger partial charge in [0.25, 0.3) is 0 Å². The van der Waals surface area contributed by atoms with Crippen molar-refractivity contribution in [2.24, 2.45) is 5.41 Å². The van der Waals surface area contributed by atoms with E-state index in [0.29, 0.717) is 5.41 Å². The highest BCUT2D eigenvalue weighted by molar-refractivity contribution is 5.35. The van der Waals surface area contributed by atoms with E-state index in [0.717, 1.165) is 18.9 Å². The topological polar surface area (TPSA) is 29.9 Å². The van der Waals surface area contributed by atoms with Gasteiger partial charge in [-0.3, -0.25) is 4.57 Å². The molecule has 2 aromatic rings. The van der Waals surface area contributed by atoms with Crippen molar-refractivity contribution < 1.29 is 0 Å². The molecule has 1 aliphatic carbocycles. The summed E-state index contributed by atoms with van der Waals surface area (Å²) >= 11 is 0. The number of hydrogen-bond donors (Lipinski definition) is 1. The summed E-state index contributed by atoms with van der Waals surface area (Å²) in [6.07, 6.45) is 6.04. The number of imidazole rings is 1. The van der Waals surface area contributed by atoms with Crippen LogP contribution in [0.25, 0.3) is 5.69 Å². The molecule has 1 fully saturated rings. The Labute approximate surface area is 121 Å². The molecule has 3 rings (SSSR count). The van der Waals surface area contributed by atoms with Gasteiger partial charge in [0.1, 0.15) is 5.82 Å². The summed E-state index contributed by atoms with van der Waals surface area (Å²) in [5.41, 5.74) is 3.02. The van der Waals surface area contributed by atoms with Gasteiger partial charge in [0.2, 0.25) is 0 Å². The number of aromatic nitrogens is 2. The standard InChI is InChI=1S/C17H23N3/c1-3-17(9-10-17)13-18-11-16-12-19-14(2)20(16)15-7-5-4-6-8-15/h4-8,12,18H,3,9-11,13H2,1-2H3. The van der Waals surface area contributed by atoms with Crippen LogP contribution in [0.3, 0.4) is 0 Å². The van der Waals surface area contributed by atoms with E-state index in [9.17, 15) is 0 Å². The monoisotopic (exact) mass is 269 g/mol. The van der Waals surface area contributed by atoms with E-state index in [-0.39, 0.29) is 0 Å². The van der Waals surface area contributed by atoms with Crippen molar-refractivity contribution in [3.63, 3.8) is 0 Å². The van der Waals surface area contributed by atoms with Crippen LogP contribution >= 0.6 is 0 Å². The zero-order chi connectivity index (χ0) is 14.0. The summed E-state index contributed by atoms with van der Waals surface area (Å²) in [7, 11) is 0. The van der Waals surface area contributed by atoms with E-state index < -0.39 is 0 Å². The first-order valence-electron chi connectivity index (χ1n) is 7.53. The van der Waals surface area contributed by atoms with Crippen molar-refractivity contribution in [1.82, 2.24) is 14.9 Å². The van der Waals surface area contributed by atoms with Crippen molar-refractivity contribution in [1.29, 1.82) is 0 Å². The van der Waals surface area contributed by atoms with Gasteiger partial charge < -0.3 is 5.32 Å². The molecule has 0 atom stereocenters. The molecular weight excluding hydrogens is 246 g/mol. The fraction of sp³-hybridized carbons (Fsp3) is 0.471. The van der Waals surface area contributed by atoms with Crippen LogP contribution in [-0.4, -0.2) is 16.1 Å². The van der Waals surface area contributed by atoms with Gasteiger partial charge in [-0.25, -0.2) is 4.98 Å². The highest BCUT2D eigenvalue weighted by Crippen LogP contribution is 2.47. The smallest absolute Gasteiger partial charge is 0.110 e. The second-order valence-electron chi connectivity index (χ2n) is 5.92. The average molecular weight is 269 g/mol. The molecular formula is C17H23N3. The molecule has 0 aliphatic heterocycles. The predicted molar refractivity (Wildman–Crippen MR) is 82.0 cm³/mol. The minimum absolute atomic E-state index is 0.590. The van der Waals surface area contributed by atoms with Gasteiger partial charge in [-0.05, 0) is 43.7 Å². The first kappa shape index (κ1) is 13.4. The number of rotatable bonds is 6. The van der Waals surface area contributed by atoms with Gasteiger partial charge in [0.05, 0.1) is 11.9 Å². The van der Waals surface area contributed by atoms with E-state index in [1.165, 1.54) is 30.6 Å². The van der Waals surface area contributed by atoms with E-state index in [2.05, 4.69) is 53.0 Å². The third kappa shape index (κ3) is 2.63. The minimum Gasteiger partial charge on any atom is -0.311 e. The molecule has 106 valence electrons. The van der Waals surface area contributed by atoms with E-state index in [4.69, 9.17) is 0 Å². The number of nitrogens with one attached hydrogen (secondary N) is 1. The third-order valence-corrected chi connectivity index (χ3v) is 4.54. The average Bonchev–Trinajstić information content (AvgIpc) is 3.17. The number of aryl methyl sites for hydroxylation is 1. The van der Waals surface area contributed by atoms with Gasteiger partial charge in [-0.15, -0.1) is 0 Å². The van der Waals surface area contributed by atoms with Crippen LogP contribution in [0.5, 0.6) is 0 Å². The molecule has 1 aliphatic rings. The van der Waals surface area contributed by atoms with Crippen LogP contribution in [-0.2, 0) is 6.54 Å². The van der Waals surface area contributed by atoms with Gasteiger partial charge in [-0.2, -0.15) is 0 Å². The maximum atomic E-state index is 4.47. The van der Waals surface area contributed by atoms with E-state index in [1.54, 1.807) is 0 Å². The number of hydrogen-bond acceptors (Lipinski definition) is 2. The second-order valence-corrected chi connectivity index (χ2v) is 5.92. The summed E-state index contributed by atoms with van der Waals surface area (Å²) < 4.78 is 2.23. The lowest BCUT2D eigenvalue weighted by Crippen LogP contribution is -2.24. The Morgan fingerprint density at radius 1 is 1.25 bits per heavy atom. The van der Waals surface area contributed by atoms with Crippen LogP contribution in [0, 0.1) is 12.3 Å². The lowest BCUT2D eigenvalue weighted by atomic mass is 10.0. The van der Waals surface area contributed by atoms with Crippen LogP contribution in [0.2, 0.25) is 0 Å². The first-order valence-corrected chi connectivity index (χ1v) is 7.53. The Kier molecular flexibility index (Phi) is 3.62. The van der Waals surface area contributed by atoms with Gasteiger partial charge in [0, 0.05) is 18.8 Å². The molecule has 0 bridgehead atoms. The maximum absolute atomic E-state index is 4.47. The van der Waals surface area contributed by atoms with Crippen molar-refractivity contribution in [2.75, 3.05) is 6.54 Å². The summed E-state index contributed by atoms with van der Waals surface area (Å²) in [4.78, 5) is 4.47. The predicted octanol–water partition coefficient (Wildman–Crippen LogP) is 3.46. The summed E-state index contributed by atoms with van der Waals surface area (Å²) in [6.45, 7) is 6.37. The molecule has 0 radical (unpaired) electrons. The Bertz CT molecular complexity index is 567. The Morgan fingerprint density at radius 2 is 2.00 bits per heavy atom. The van der Waals surface area contributed by atoms with Crippen LogP contribution in [0.4, 0.5) is 0 Å². The van der Waals surface area contributed by atoms with Gasteiger partial charge >= 0.3 is 0 Å². The Morgan fingerprint density at radius 3 is 2.65 bits per heavy atom. The van der Waals surface area contributed by atoms with Crippen molar-refractivity contribution in [2.45, 2.75) is 39.7 Å². The summed E-state index contributed by atoms with van der Waals surface area (Å²) in [5.74, 6) is 1.05. The summed E-state index contributed by atoms with van der Waals surface area (Å²) in [5, 5.41) is 3.62. The molecule has 1 aromatic heterocycles. The zero-order valence-corrected chi connectivity index (χ0v) is 12.4. The number of nitrogens with zero attached hydrogens (tertiary/aromatic N) is 2. The van der Waals surface area contributed by atoms with Crippen molar-refractivity contribution in [3.05, 3.63) is 48.0 Å². The zero-order valence-electron chi connectivity index (χ0n) is 12.4. The quantitative estimate of drug-likeness (QED) is 0.870.